The maximum Gasteiger partial charge on any atom is 0.418 e. The van der Waals surface area contributed by atoms with Gasteiger partial charge in [-0.25, -0.2) is 14.8 Å². The Labute approximate surface area is 315 Å². The van der Waals surface area contributed by atoms with E-state index in [4.69, 9.17) is 24.9 Å². The van der Waals surface area contributed by atoms with Crippen molar-refractivity contribution in [3.05, 3.63) is 40.4 Å². The quantitative estimate of drug-likeness (QED) is 0.0446. The maximum atomic E-state index is 13.4. The summed E-state index contributed by atoms with van der Waals surface area (Å²) in [6, 6.07) is 4.66. The predicted molar refractivity (Wildman–Crippen MR) is 195 cm³/mol. The number of benzene rings is 1. The summed E-state index contributed by atoms with van der Waals surface area (Å²) >= 11 is 0.972. The number of anilines is 1. The number of hydrogen-bond acceptors (Lipinski definition) is 15. The number of nitrogens with two attached hydrogens (primary N) is 1. The number of guanidine groups is 1. The van der Waals surface area contributed by atoms with Crippen LogP contribution in [0, 0.1) is 0 Å². The summed E-state index contributed by atoms with van der Waals surface area (Å²) in [5.74, 6) is -2.16. The number of hydroxylamine groups is 2. The number of carboxylic acids is 1. The van der Waals surface area contributed by atoms with Gasteiger partial charge in [-0.1, -0.05) is 11.2 Å². The number of ether oxygens (including phenoxy) is 1. The minimum atomic E-state index is -5.02. The molecule has 0 radical (unpaired) electrons. The fraction of sp³-hybridized carbons (Fsp3) is 0.562. The van der Waals surface area contributed by atoms with Crippen LogP contribution in [-0.4, -0.2) is 125 Å². The van der Waals surface area contributed by atoms with Crippen molar-refractivity contribution < 1.29 is 46.3 Å². The summed E-state index contributed by atoms with van der Waals surface area (Å²) < 4.78 is 41.5. The number of aliphatic carboxylic acids is 1. The molecule has 20 nitrogen and oxygen atoms in total. The fourth-order valence-electron chi connectivity index (χ4n) is 6.55. The van der Waals surface area contributed by atoms with Gasteiger partial charge in [-0.15, -0.1) is 15.6 Å². The van der Waals surface area contributed by atoms with Gasteiger partial charge in [-0.2, -0.15) is 13.5 Å². The zero-order valence-electron chi connectivity index (χ0n) is 29.7. The van der Waals surface area contributed by atoms with E-state index in [0.29, 0.717) is 23.9 Å². The van der Waals surface area contributed by atoms with E-state index in [2.05, 4.69) is 40.6 Å². The lowest BCUT2D eigenvalue weighted by molar-refractivity contribution is -0.218. The number of fused-ring (bicyclic) bond motifs is 1. The third-order valence-electron chi connectivity index (χ3n) is 9.45. The lowest BCUT2D eigenvalue weighted by Gasteiger charge is -2.50. The first-order chi connectivity index (χ1) is 25.7. The number of aliphatic imine (C=N–C) groups is 1. The van der Waals surface area contributed by atoms with E-state index in [0.717, 1.165) is 80.3 Å². The largest absolute Gasteiger partial charge is 0.489 e. The number of carboxylic acid groups (broad SMARTS) is 1. The average molecular weight is 793 g/mol. The van der Waals surface area contributed by atoms with Gasteiger partial charge in [0.1, 0.15) is 24.1 Å². The lowest BCUT2D eigenvalue weighted by Crippen LogP contribution is -2.76. The number of carbonyl (C=O) groups is 3. The monoisotopic (exact) mass is 792 g/mol. The molecule has 1 aromatic carbocycles. The maximum absolute atomic E-state index is 13.4. The van der Waals surface area contributed by atoms with Gasteiger partial charge in [0.2, 0.25) is 0 Å². The molecule has 2 aromatic rings. The van der Waals surface area contributed by atoms with Crippen LogP contribution in [0.3, 0.4) is 0 Å². The van der Waals surface area contributed by atoms with E-state index in [1.807, 2.05) is 12.1 Å². The second-order valence-corrected chi connectivity index (χ2v) is 15.8. The number of thiazole rings is 1. The molecule has 3 fully saturated rings. The zero-order valence-corrected chi connectivity index (χ0v) is 31.3. The lowest BCUT2D eigenvalue weighted by atomic mass is 9.84. The first-order valence-electron chi connectivity index (χ1n) is 17.4. The van der Waals surface area contributed by atoms with Gasteiger partial charge in [0.05, 0.1) is 11.6 Å². The van der Waals surface area contributed by atoms with Gasteiger partial charge in [-0.3, -0.25) is 14.1 Å². The molecule has 0 saturated carbocycles. The Bertz CT molecular complexity index is 1890. The van der Waals surface area contributed by atoms with E-state index < -0.39 is 58.2 Å². The van der Waals surface area contributed by atoms with Crippen molar-refractivity contribution in [3.8, 4) is 5.75 Å². The summed E-state index contributed by atoms with van der Waals surface area (Å²) in [4.78, 5) is 54.9. The van der Waals surface area contributed by atoms with Crippen LogP contribution in [-0.2, 0) is 47.0 Å². The molecular formula is C32H44N10O10S2. The normalized spacial score (nSPS) is 23.6. The Kier molecular flexibility index (Phi) is 11.9. The number of β-lactam (4-membered cyclic amide) rings is 1. The van der Waals surface area contributed by atoms with Gasteiger partial charge in [0.15, 0.2) is 16.8 Å². The Balaban J connectivity index is 1.11. The molecule has 0 aliphatic carbocycles. The van der Waals surface area contributed by atoms with Gasteiger partial charge >= 0.3 is 16.4 Å². The molecule has 2 amide bonds. The summed E-state index contributed by atoms with van der Waals surface area (Å²) in [6.07, 6.45) is 2.57. The highest BCUT2D eigenvalue weighted by Gasteiger charge is 2.58. The van der Waals surface area contributed by atoms with E-state index >= 15 is 0 Å². The number of nitrogens with one attached hydrogen (secondary N) is 4. The fourth-order valence-corrected chi connectivity index (χ4v) is 7.55. The van der Waals surface area contributed by atoms with Gasteiger partial charge in [0, 0.05) is 37.6 Å². The highest BCUT2D eigenvalue weighted by Crippen LogP contribution is 2.33. The average Bonchev–Trinajstić information content (AvgIpc) is 3.76. The van der Waals surface area contributed by atoms with Crippen LogP contribution in [0.25, 0.3) is 0 Å². The first-order valence-corrected chi connectivity index (χ1v) is 19.7. The third kappa shape index (κ3) is 9.36. The molecule has 5 heterocycles. The minimum Gasteiger partial charge on any atom is -0.489 e. The Morgan fingerprint density at radius 1 is 1.15 bits per heavy atom. The number of amides is 2. The molecule has 22 heteroatoms. The Hall–Kier alpha value is -4.61. The summed E-state index contributed by atoms with van der Waals surface area (Å²) in [5, 5.41) is 28.5. The van der Waals surface area contributed by atoms with Gasteiger partial charge in [0.25, 0.3) is 17.9 Å². The van der Waals surface area contributed by atoms with Crippen molar-refractivity contribution in [2.24, 2.45) is 10.1 Å². The number of nitrogens with zero attached hydrogens (tertiary/aromatic N) is 5. The molecule has 0 spiro atoms. The van der Waals surface area contributed by atoms with Crippen molar-refractivity contribution in [2.75, 3.05) is 38.5 Å². The van der Waals surface area contributed by atoms with Crippen molar-refractivity contribution in [1.29, 1.82) is 0 Å². The number of rotatable bonds is 13. The molecule has 8 N–H and O–H groups in total. The highest BCUT2D eigenvalue weighted by molar-refractivity contribution is 7.80. The smallest absolute Gasteiger partial charge is 0.418 e. The molecule has 294 valence electrons. The van der Waals surface area contributed by atoms with Crippen LogP contribution in [0.5, 0.6) is 5.75 Å². The summed E-state index contributed by atoms with van der Waals surface area (Å²) in [5.41, 5.74) is 5.84. The van der Waals surface area contributed by atoms with Crippen LogP contribution < -0.4 is 31.7 Å². The standard InChI is InChI=1S/C32H44N10O10S2/c1-32(2)26(28(44)42(32)52-54(47,48)49)39-27(43)25(23-17-53-30(33)38-23)40-51-24(29(45)46)16-50-22-8-7-18-14-41(15-19(18)11-22)31(36-20-5-3-9-34-12-20)37-21-6-4-10-35-13-21/h7-8,11,17,20-21,24,26,34-35H,3-6,9-10,12-16H2,1-2H3,(H2,33,38)(H,36,37)(H,39,43)(H,45,46)(H,47,48,49)/b40-25-/t20-,21-,24+,26-/m1/s1. The minimum absolute atomic E-state index is 0.0673. The van der Waals surface area contributed by atoms with Crippen LogP contribution in [0.2, 0.25) is 0 Å². The molecule has 6 rings (SSSR count). The molecule has 4 atom stereocenters. The second kappa shape index (κ2) is 16.4. The number of nitrogen functional groups attached to an aromatic ring is 1. The topological polar surface area (TPSA) is 272 Å². The Morgan fingerprint density at radius 3 is 2.52 bits per heavy atom. The van der Waals surface area contributed by atoms with Gasteiger partial charge < -0.3 is 46.6 Å². The number of piperidine rings is 2. The molecule has 0 bridgehead atoms. The van der Waals surface area contributed by atoms with Crippen LogP contribution >= 0.6 is 11.3 Å². The molecule has 54 heavy (non-hydrogen) atoms. The zero-order chi connectivity index (χ0) is 38.6. The molecule has 4 aliphatic heterocycles. The Morgan fingerprint density at radius 2 is 1.89 bits per heavy atom. The van der Waals surface area contributed by atoms with Crippen LogP contribution in [0.4, 0.5) is 5.13 Å². The molecule has 0 unspecified atom stereocenters. The molecule has 1 aromatic heterocycles. The van der Waals surface area contributed by atoms with E-state index in [-0.39, 0.29) is 22.9 Å². The molecule has 3 saturated heterocycles. The number of aromatic nitrogens is 1. The number of carbonyl (C=O) groups excluding carboxylic acids is 2. The van der Waals surface area contributed by atoms with Crippen molar-refractivity contribution in [2.45, 2.75) is 82.4 Å². The molecular weight excluding hydrogens is 749 g/mol. The predicted octanol–water partition coefficient (Wildman–Crippen LogP) is -0.417. The van der Waals surface area contributed by atoms with Crippen LogP contribution in [0.15, 0.2) is 33.7 Å². The second-order valence-electron chi connectivity index (χ2n) is 13.9. The summed E-state index contributed by atoms with van der Waals surface area (Å²) in [7, 11) is -5.02. The van der Waals surface area contributed by atoms with Crippen molar-refractivity contribution >= 4 is 56.3 Å². The third-order valence-corrected chi connectivity index (χ3v) is 10.5. The van der Waals surface area contributed by atoms with E-state index in [1.54, 1.807) is 6.07 Å². The van der Waals surface area contributed by atoms with Crippen LogP contribution in [0.1, 0.15) is 56.4 Å². The van der Waals surface area contributed by atoms with Crippen molar-refractivity contribution in [1.82, 2.24) is 36.2 Å². The summed E-state index contributed by atoms with van der Waals surface area (Å²) in [6.45, 7) is 7.21. The number of hydrogen-bond donors (Lipinski definition) is 7. The van der Waals surface area contributed by atoms with E-state index in [1.165, 1.54) is 19.2 Å². The van der Waals surface area contributed by atoms with E-state index in [9.17, 15) is 27.9 Å². The number of oxime groups is 1. The molecule has 4 aliphatic rings. The van der Waals surface area contributed by atoms with Crippen molar-refractivity contribution in [3.63, 3.8) is 0 Å². The van der Waals surface area contributed by atoms with Gasteiger partial charge in [-0.05, 0) is 75.9 Å². The first kappa shape index (κ1) is 39.1. The highest BCUT2D eigenvalue weighted by atomic mass is 32.3. The SMILES string of the molecule is CC1(C)[C@H](NC(=O)/C(=N\O[C@@H](COc2ccc3c(c2)CN(C(=N[C@@H]2CCCNC2)N[C@@H]2CCCNC2)C3)C(=O)O)c2csc(N)n2)C(=O)N1OS(=O)(=O)O.